The molecule has 2 nitrogen and oxygen atoms in total. The zero-order valence-corrected chi connectivity index (χ0v) is 11.8. The van der Waals surface area contributed by atoms with Gasteiger partial charge in [-0.05, 0) is 17.5 Å². The van der Waals surface area contributed by atoms with Crippen LogP contribution in [0.3, 0.4) is 0 Å². The standard InChI is InChI=1S/C18H19NO/c1-2-13-19-14-18(17(19)20,15-9-5-3-6-10-15)16-11-7-4-8-12-16/h3-12H,2,13-14H2,1H3. The van der Waals surface area contributed by atoms with Gasteiger partial charge in [-0.25, -0.2) is 0 Å². The Kier molecular flexibility index (Phi) is 3.31. The van der Waals surface area contributed by atoms with E-state index in [0.717, 1.165) is 30.6 Å². The summed E-state index contributed by atoms with van der Waals surface area (Å²) >= 11 is 0. The Hall–Kier alpha value is -2.09. The number of carbonyl (C=O) groups is 1. The van der Waals surface area contributed by atoms with Gasteiger partial charge >= 0.3 is 0 Å². The summed E-state index contributed by atoms with van der Waals surface area (Å²) in [5, 5.41) is 0. The number of benzene rings is 2. The SMILES string of the molecule is CCCN1CC(c2ccccc2)(c2ccccc2)C1=O. The van der Waals surface area contributed by atoms with E-state index in [-0.39, 0.29) is 5.91 Å². The Morgan fingerprint density at radius 2 is 1.45 bits per heavy atom. The van der Waals surface area contributed by atoms with Gasteiger partial charge < -0.3 is 4.90 Å². The molecule has 1 saturated heterocycles. The molecule has 1 amide bonds. The maximum Gasteiger partial charge on any atom is 0.239 e. The van der Waals surface area contributed by atoms with Crippen LogP contribution in [0.4, 0.5) is 0 Å². The average molecular weight is 265 g/mol. The minimum atomic E-state index is -0.475. The van der Waals surface area contributed by atoms with Gasteiger partial charge in [0.15, 0.2) is 0 Å². The maximum atomic E-state index is 12.8. The lowest BCUT2D eigenvalue weighted by atomic mass is 9.68. The molecule has 3 rings (SSSR count). The molecule has 2 heteroatoms. The van der Waals surface area contributed by atoms with Crippen molar-refractivity contribution in [2.45, 2.75) is 18.8 Å². The van der Waals surface area contributed by atoms with E-state index in [9.17, 15) is 4.79 Å². The molecule has 102 valence electrons. The van der Waals surface area contributed by atoms with Crippen molar-refractivity contribution in [2.75, 3.05) is 13.1 Å². The normalized spacial score (nSPS) is 16.9. The largest absolute Gasteiger partial charge is 0.340 e. The topological polar surface area (TPSA) is 20.3 Å². The molecule has 1 heterocycles. The van der Waals surface area contributed by atoms with Crippen LogP contribution in [0.2, 0.25) is 0 Å². The molecular formula is C18H19NO. The lowest BCUT2D eigenvalue weighted by Crippen LogP contribution is -2.64. The number of rotatable bonds is 4. The van der Waals surface area contributed by atoms with Crippen LogP contribution in [-0.2, 0) is 10.2 Å². The molecule has 0 bridgehead atoms. The number of nitrogens with zero attached hydrogens (tertiary/aromatic N) is 1. The molecule has 0 unspecified atom stereocenters. The van der Waals surface area contributed by atoms with Crippen LogP contribution in [0.1, 0.15) is 24.5 Å². The van der Waals surface area contributed by atoms with Crippen LogP contribution in [0, 0.1) is 0 Å². The van der Waals surface area contributed by atoms with E-state index in [1.54, 1.807) is 0 Å². The van der Waals surface area contributed by atoms with Crippen molar-refractivity contribution in [3.63, 3.8) is 0 Å². The summed E-state index contributed by atoms with van der Waals surface area (Å²) in [4.78, 5) is 14.8. The van der Waals surface area contributed by atoms with Crippen molar-refractivity contribution >= 4 is 5.91 Å². The molecule has 1 aliphatic rings. The fourth-order valence-corrected chi connectivity index (χ4v) is 3.10. The number of carbonyl (C=O) groups excluding carboxylic acids is 1. The van der Waals surface area contributed by atoms with Crippen molar-refractivity contribution in [3.8, 4) is 0 Å². The predicted molar refractivity (Wildman–Crippen MR) is 80.5 cm³/mol. The molecular weight excluding hydrogens is 246 g/mol. The summed E-state index contributed by atoms with van der Waals surface area (Å²) in [5.74, 6) is 0.233. The third-order valence-corrected chi connectivity index (χ3v) is 4.11. The van der Waals surface area contributed by atoms with Gasteiger partial charge in [-0.15, -0.1) is 0 Å². The quantitative estimate of drug-likeness (QED) is 0.777. The third-order valence-electron chi connectivity index (χ3n) is 4.11. The second-order valence-corrected chi connectivity index (χ2v) is 5.36. The van der Waals surface area contributed by atoms with E-state index in [4.69, 9.17) is 0 Å². The first-order valence-electron chi connectivity index (χ1n) is 7.19. The second-order valence-electron chi connectivity index (χ2n) is 5.36. The molecule has 2 aromatic rings. The smallest absolute Gasteiger partial charge is 0.239 e. The summed E-state index contributed by atoms with van der Waals surface area (Å²) in [6, 6.07) is 20.3. The van der Waals surface area contributed by atoms with Gasteiger partial charge in [-0.2, -0.15) is 0 Å². The van der Waals surface area contributed by atoms with Crippen LogP contribution < -0.4 is 0 Å². The number of likely N-dealkylation sites (tertiary alicyclic amines) is 1. The highest BCUT2D eigenvalue weighted by Crippen LogP contribution is 2.41. The first kappa shape index (κ1) is 12.9. The second kappa shape index (κ2) is 5.12. The Morgan fingerprint density at radius 1 is 0.950 bits per heavy atom. The Balaban J connectivity index is 2.05. The highest BCUT2D eigenvalue weighted by Gasteiger charge is 2.53. The summed E-state index contributed by atoms with van der Waals surface area (Å²) in [6.45, 7) is 3.74. The van der Waals surface area contributed by atoms with Crippen molar-refractivity contribution < 1.29 is 4.79 Å². The van der Waals surface area contributed by atoms with E-state index in [2.05, 4.69) is 31.2 Å². The Morgan fingerprint density at radius 3 is 1.85 bits per heavy atom. The van der Waals surface area contributed by atoms with Gasteiger partial charge in [0.1, 0.15) is 5.41 Å². The average Bonchev–Trinajstić information content (AvgIpc) is 2.52. The van der Waals surface area contributed by atoms with E-state index in [1.807, 2.05) is 41.3 Å². The van der Waals surface area contributed by atoms with Crippen molar-refractivity contribution in [1.29, 1.82) is 0 Å². The van der Waals surface area contributed by atoms with Crippen LogP contribution in [0.15, 0.2) is 60.7 Å². The lowest BCUT2D eigenvalue weighted by molar-refractivity contribution is -0.148. The molecule has 0 saturated carbocycles. The van der Waals surface area contributed by atoms with E-state index >= 15 is 0 Å². The molecule has 0 spiro atoms. The maximum absolute atomic E-state index is 12.8. The van der Waals surface area contributed by atoms with Crippen LogP contribution in [-0.4, -0.2) is 23.9 Å². The van der Waals surface area contributed by atoms with E-state index in [1.165, 1.54) is 0 Å². The summed E-state index contributed by atoms with van der Waals surface area (Å²) in [6.07, 6.45) is 1.01. The van der Waals surface area contributed by atoms with Crippen molar-refractivity contribution in [3.05, 3.63) is 71.8 Å². The molecule has 0 N–H and O–H groups in total. The molecule has 2 aromatic carbocycles. The van der Waals surface area contributed by atoms with Gasteiger partial charge in [0.05, 0.1) is 0 Å². The predicted octanol–water partition coefficient (Wildman–Crippen LogP) is 3.22. The lowest BCUT2D eigenvalue weighted by Gasteiger charge is -2.49. The van der Waals surface area contributed by atoms with Crippen LogP contribution in [0.5, 0.6) is 0 Å². The number of hydrogen-bond donors (Lipinski definition) is 0. The highest BCUT2D eigenvalue weighted by atomic mass is 16.2. The molecule has 0 aliphatic carbocycles. The molecule has 1 fully saturated rings. The van der Waals surface area contributed by atoms with E-state index in [0.29, 0.717) is 0 Å². The molecule has 1 aliphatic heterocycles. The van der Waals surface area contributed by atoms with Gasteiger partial charge in [0.25, 0.3) is 0 Å². The zero-order valence-electron chi connectivity index (χ0n) is 11.8. The monoisotopic (exact) mass is 265 g/mol. The fourth-order valence-electron chi connectivity index (χ4n) is 3.10. The Bertz CT molecular complexity index is 552. The third kappa shape index (κ3) is 1.83. The summed E-state index contributed by atoms with van der Waals surface area (Å²) < 4.78 is 0. The van der Waals surface area contributed by atoms with Crippen molar-refractivity contribution in [1.82, 2.24) is 4.90 Å². The molecule has 0 atom stereocenters. The zero-order chi connectivity index (χ0) is 14.0. The number of hydrogen-bond acceptors (Lipinski definition) is 1. The summed E-state index contributed by atoms with van der Waals surface area (Å²) in [7, 11) is 0. The van der Waals surface area contributed by atoms with Crippen LogP contribution >= 0.6 is 0 Å². The first-order valence-corrected chi connectivity index (χ1v) is 7.19. The minimum absolute atomic E-state index is 0.233. The van der Waals surface area contributed by atoms with Gasteiger partial charge in [-0.1, -0.05) is 67.6 Å². The van der Waals surface area contributed by atoms with E-state index < -0.39 is 5.41 Å². The Labute approximate surface area is 120 Å². The minimum Gasteiger partial charge on any atom is -0.340 e. The summed E-state index contributed by atoms with van der Waals surface area (Å²) in [5.41, 5.74) is 1.73. The van der Waals surface area contributed by atoms with Gasteiger partial charge in [-0.3, -0.25) is 4.79 Å². The first-order chi connectivity index (χ1) is 9.79. The van der Waals surface area contributed by atoms with Crippen molar-refractivity contribution in [2.24, 2.45) is 0 Å². The number of amides is 1. The van der Waals surface area contributed by atoms with Crippen LogP contribution in [0.25, 0.3) is 0 Å². The molecule has 0 radical (unpaired) electrons. The fraction of sp³-hybridized carbons (Fsp3) is 0.278. The molecule has 0 aromatic heterocycles. The number of β-lactam (4-membered cyclic amide) rings is 1. The highest BCUT2D eigenvalue weighted by molar-refractivity contribution is 5.98. The van der Waals surface area contributed by atoms with Gasteiger partial charge in [0.2, 0.25) is 5.91 Å². The van der Waals surface area contributed by atoms with Gasteiger partial charge in [0, 0.05) is 13.1 Å². The molecule has 20 heavy (non-hydrogen) atoms.